The topological polar surface area (TPSA) is 44.1 Å². The molecule has 0 amide bonds. The van der Waals surface area contributed by atoms with Gasteiger partial charge in [-0.15, -0.1) is 46.5 Å². The van der Waals surface area contributed by atoms with E-state index in [1.165, 1.54) is 33.3 Å². The van der Waals surface area contributed by atoms with Crippen molar-refractivity contribution in [3.63, 3.8) is 0 Å². The quantitative estimate of drug-likeness (QED) is 0.139. The van der Waals surface area contributed by atoms with Crippen molar-refractivity contribution in [2.45, 2.75) is 59.9 Å². The molecule has 0 saturated carbocycles. The van der Waals surface area contributed by atoms with Crippen LogP contribution in [0, 0.1) is 6.07 Å². The molecule has 0 aliphatic heterocycles. The van der Waals surface area contributed by atoms with Gasteiger partial charge in [0.1, 0.15) is 0 Å². The van der Waals surface area contributed by atoms with Crippen LogP contribution in [0.4, 0.5) is 0 Å². The third kappa shape index (κ3) is 6.77. The summed E-state index contributed by atoms with van der Waals surface area (Å²) in [6, 6.07) is 25.3. The smallest absolute Gasteiger partial charge is 0.151 e. The van der Waals surface area contributed by atoms with Crippen molar-refractivity contribution >= 4 is 48.9 Å². The number of fused-ring (bicyclic) bond motifs is 4. The first-order valence-corrected chi connectivity index (χ1v) is 13.5. The van der Waals surface area contributed by atoms with E-state index in [2.05, 4.69) is 98.2 Å². The standard InChI is InChI=1S/C25H20NS.C8H15NO.Ir/c1-25(2,3)21-15-17(14-16-8-4-5-9-18(16)21)23-20-12-13-27-24(20)19-10-6-7-11-22(19)26-23;1-6(2)9-7(3)5-8(4)10;/h4-13,15H,1-3H3;5-6H,1-4H3,(H,9,10);/q-1;;/p-1. The Bertz CT molecular complexity index is 1610. The summed E-state index contributed by atoms with van der Waals surface area (Å²) in [5.41, 5.74) is 5.34. The molecule has 0 N–H and O–H groups in total. The van der Waals surface area contributed by atoms with Crippen LogP contribution in [0.1, 0.15) is 54.0 Å². The zero-order valence-electron chi connectivity index (χ0n) is 23.0. The molecule has 5 heteroatoms. The first-order valence-electron chi connectivity index (χ1n) is 12.7. The van der Waals surface area contributed by atoms with E-state index in [-0.39, 0.29) is 37.3 Å². The van der Waals surface area contributed by atoms with E-state index >= 15 is 0 Å². The second kappa shape index (κ2) is 12.3. The van der Waals surface area contributed by atoms with Gasteiger partial charge < -0.3 is 5.32 Å². The fourth-order valence-electron chi connectivity index (χ4n) is 4.57. The van der Waals surface area contributed by atoms with Gasteiger partial charge in [-0.1, -0.05) is 88.9 Å². The third-order valence-corrected chi connectivity index (χ3v) is 6.96. The fraction of sp³-hybridized carbons (Fsp3) is 0.273. The van der Waals surface area contributed by atoms with Crippen molar-refractivity contribution in [1.82, 2.24) is 4.98 Å². The minimum Gasteiger partial charge on any atom is -0.686 e. The number of pyridine rings is 1. The molecule has 2 heterocycles. The molecule has 5 aromatic rings. The Hall–Kier alpha value is -2.85. The van der Waals surface area contributed by atoms with E-state index < -0.39 is 0 Å². The minimum absolute atomic E-state index is 0. The molecule has 5 rings (SSSR count). The van der Waals surface area contributed by atoms with E-state index in [1.54, 1.807) is 17.4 Å². The van der Waals surface area contributed by atoms with Gasteiger partial charge in [-0.3, -0.25) is 9.78 Å². The Morgan fingerprint density at radius 2 is 1.63 bits per heavy atom. The molecule has 0 aliphatic rings. The molecule has 199 valence electrons. The molecule has 3 nitrogen and oxygen atoms in total. The Kier molecular flexibility index (Phi) is 9.64. The Balaban J connectivity index is 0.000000314. The number of rotatable bonds is 4. The zero-order valence-corrected chi connectivity index (χ0v) is 26.3. The summed E-state index contributed by atoms with van der Waals surface area (Å²) < 4.78 is 1.30. The van der Waals surface area contributed by atoms with Gasteiger partial charge in [-0.25, -0.2) is 0 Å². The zero-order chi connectivity index (χ0) is 26.7. The minimum atomic E-state index is 0. The summed E-state index contributed by atoms with van der Waals surface area (Å²) in [7, 11) is 0. The summed E-state index contributed by atoms with van der Waals surface area (Å²) in [5.74, 6) is 0.0573. The molecule has 0 saturated heterocycles. The van der Waals surface area contributed by atoms with Crippen molar-refractivity contribution in [1.29, 1.82) is 0 Å². The summed E-state index contributed by atoms with van der Waals surface area (Å²) in [6.45, 7) is 14.1. The number of carbonyl (C=O) groups is 1. The number of ketones is 1. The third-order valence-electron chi connectivity index (χ3n) is 6.01. The number of carbonyl (C=O) groups excluding carboxylic acids is 1. The first kappa shape index (κ1) is 29.7. The normalized spacial score (nSPS) is 11.8. The van der Waals surface area contributed by atoms with Gasteiger partial charge in [0, 0.05) is 35.9 Å². The molecule has 0 aliphatic carbocycles. The van der Waals surface area contributed by atoms with Gasteiger partial charge in [0.15, 0.2) is 5.78 Å². The van der Waals surface area contributed by atoms with Crippen LogP contribution < -0.4 is 0 Å². The van der Waals surface area contributed by atoms with Crippen molar-refractivity contribution < 1.29 is 24.9 Å². The number of hydrogen-bond donors (Lipinski definition) is 0. The summed E-state index contributed by atoms with van der Waals surface area (Å²) >= 11 is 1.79. The molecule has 0 spiro atoms. The summed E-state index contributed by atoms with van der Waals surface area (Å²) in [5, 5.41) is 11.2. The van der Waals surface area contributed by atoms with Crippen LogP contribution in [-0.4, -0.2) is 16.8 Å². The molecule has 3 aromatic carbocycles. The molecular weight excluding hydrogens is 665 g/mol. The maximum atomic E-state index is 10.5. The number of para-hydroxylation sites is 1. The molecule has 0 atom stereocenters. The largest absolute Gasteiger partial charge is 0.686 e. The van der Waals surface area contributed by atoms with Crippen LogP contribution in [0.5, 0.6) is 0 Å². The van der Waals surface area contributed by atoms with Gasteiger partial charge in [0.2, 0.25) is 0 Å². The predicted octanol–water partition coefficient (Wildman–Crippen LogP) is 9.63. The van der Waals surface area contributed by atoms with E-state index in [4.69, 9.17) is 4.98 Å². The number of benzene rings is 3. The van der Waals surface area contributed by atoms with Crippen LogP contribution in [0.2, 0.25) is 0 Å². The summed E-state index contributed by atoms with van der Waals surface area (Å²) in [4.78, 5) is 15.6. The van der Waals surface area contributed by atoms with Gasteiger partial charge >= 0.3 is 0 Å². The molecule has 38 heavy (non-hydrogen) atoms. The van der Waals surface area contributed by atoms with E-state index in [1.807, 2.05) is 20.8 Å². The Morgan fingerprint density at radius 1 is 0.974 bits per heavy atom. The van der Waals surface area contributed by atoms with Crippen molar-refractivity contribution in [2.75, 3.05) is 0 Å². The number of hydrogen-bond acceptors (Lipinski definition) is 3. The molecule has 1 radical (unpaired) electrons. The van der Waals surface area contributed by atoms with Gasteiger partial charge in [0.05, 0.1) is 5.52 Å². The number of allylic oxidation sites excluding steroid dienone is 2. The molecule has 0 unspecified atom stereocenters. The average Bonchev–Trinajstić information content (AvgIpc) is 3.32. The van der Waals surface area contributed by atoms with Crippen LogP contribution in [0.3, 0.4) is 0 Å². The average molecular weight is 699 g/mol. The van der Waals surface area contributed by atoms with Crippen molar-refractivity contribution in [3.8, 4) is 11.3 Å². The van der Waals surface area contributed by atoms with Crippen LogP contribution in [0.15, 0.2) is 77.8 Å². The second-order valence-electron chi connectivity index (χ2n) is 10.7. The van der Waals surface area contributed by atoms with Crippen LogP contribution >= 0.6 is 11.3 Å². The SMILES string of the molecule is CC(=O)/C=C(/C)[N-]C(C)C.CC(C)(C)c1cc(-c2nc3ccccc3c3sccc23)[c-]c2ccccc12.[Ir]. The van der Waals surface area contributed by atoms with Crippen molar-refractivity contribution in [3.05, 3.63) is 94.8 Å². The maximum absolute atomic E-state index is 10.5. The maximum Gasteiger partial charge on any atom is 0.151 e. The molecule has 0 bridgehead atoms. The van der Waals surface area contributed by atoms with Gasteiger partial charge in [-0.2, -0.15) is 5.70 Å². The van der Waals surface area contributed by atoms with Crippen LogP contribution in [0.25, 0.3) is 48.3 Å². The predicted molar refractivity (Wildman–Crippen MR) is 161 cm³/mol. The van der Waals surface area contributed by atoms with Gasteiger partial charge in [0.25, 0.3) is 0 Å². The van der Waals surface area contributed by atoms with Gasteiger partial charge in [-0.05, 0) is 41.3 Å². The summed E-state index contributed by atoms with van der Waals surface area (Å²) in [6.07, 6.45) is 1.54. The van der Waals surface area contributed by atoms with E-state index in [0.29, 0.717) is 0 Å². The molecular formula is C33H34IrN2OS-2. The number of thiophene rings is 1. The monoisotopic (exact) mass is 699 g/mol. The number of nitrogens with zero attached hydrogens (tertiary/aromatic N) is 2. The van der Waals surface area contributed by atoms with E-state index in [0.717, 1.165) is 27.9 Å². The van der Waals surface area contributed by atoms with Crippen LogP contribution in [-0.2, 0) is 30.3 Å². The Labute approximate surface area is 243 Å². The Morgan fingerprint density at radius 3 is 2.29 bits per heavy atom. The second-order valence-corrected chi connectivity index (χ2v) is 11.6. The molecule has 2 aromatic heterocycles. The fourth-order valence-corrected chi connectivity index (χ4v) is 5.50. The van der Waals surface area contributed by atoms with E-state index in [9.17, 15) is 4.79 Å². The molecule has 0 fully saturated rings. The number of aromatic nitrogens is 1. The van der Waals surface area contributed by atoms with Crippen molar-refractivity contribution in [2.24, 2.45) is 0 Å². The first-order chi connectivity index (χ1) is 17.5.